The van der Waals surface area contributed by atoms with Gasteiger partial charge in [-0.3, -0.25) is 14.5 Å². The zero-order valence-electron chi connectivity index (χ0n) is 12.8. The Morgan fingerprint density at radius 2 is 2.19 bits per heavy atom. The number of pyridine rings is 1. The van der Waals surface area contributed by atoms with Gasteiger partial charge in [0.05, 0.1) is 0 Å². The van der Waals surface area contributed by atoms with Crippen LogP contribution in [0.1, 0.15) is 30.3 Å². The highest BCUT2D eigenvalue weighted by Crippen LogP contribution is 2.07. The van der Waals surface area contributed by atoms with Crippen molar-refractivity contribution in [3.05, 3.63) is 47.5 Å². The predicted octanol–water partition coefficient (Wildman–Crippen LogP) is 1.80. The first kappa shape index (κ1) is 15.2. The molecule has 0 radical (unpaired) electrons. The van der Waals surface area contributed by atoms with Crippen molar-refractivity contribution in [1.29, 1.82) is 0 Å². The molecular weight excluding hydrogens is 264 g/mol. The van der Waals surface area contributed by atoms with Crippen molar-refractivity contribution in [2.75, 3.05) is 0 Å². The summed E-state index contributed by atoms with van der Waals surface area (Å²) in [7, 11) is 1.89. The lowest BCUT2D eigenvalue weighted by atomic mass is 10.1. The fourth-order valence-corrected chi connectivity index (χ4v) is 2.31. The third-order valence-electron chi connectivity index (χ3n) is 3.56. The van der Waals surface area contributed by atoms with Gasteiger partial charge >= 0.3 is 0 Å². The van der Waals surface area contributed by atoms with E-state index in [4.69, 9.17) is 0 Å². The number of aromatic nitrogens is 3. The number of hydrogen-bond acceptors (Lipinski definition) is 3. The molecule has 2 heterocycles. The Morgan fingerprint density at radius 1 is 1.38 bits per heavy atom. The number of rotatable bonds is 6. The average molecular weight is 286 g/mol. The monoisotopic (exact) mass is 286 g/mol. The van der Waals surface area contributed by atoms with Gasteiger partial charge in [0.2, 0.25) is 5.91 Å². The molecule has 0 spiro atoms. The molecule has 5 heteroatoms. The van der Waals surface area contributed by atoms with Gasteiger partial charge in [-0.1, -0.05) is 6.07 Å². The SMILES string of the molecule is Cc1cccnc1C[C@@H](C)NC(=O)CCc1ccnn1C. The summed E-state index contributed by atoms with van der Waals surface area (Å²) in [6, 6.07) is 5.99. The number of carbonyl (C=O) groups is 1. The minimum atomic E-state index is 0.0669. The summed E-state index contributed by atoms with van der Waals surface area (Å²) < 4.78 is 1.80. The molecule has 0 aliphatic rings. The van der Waals surface area contributed by atoms with Crippen molar-refractivity contribution in [2.24, 2.45) is 7.05 Å². The molecule has 0 aromatic carbocycles. The van der Waals surface area contributed by atoms with Gasteiger partial charge in [0.15, 0.2) is 0 Å². The van der Waals surface area contributed by atoms with Crippen molar-refractivity contribution >= 4 is 5.91 Å². The highest BCUT2D eigenvalue weighted by atomic mass is 16.1. The molecule has 0 fully saturated rings. The van der Waals surface area contributed by atoms with Crippen molar-refractivity contribution < 1.29 is 4.79 Å². The average Bonchev–Trinajstić information content (AvgIpc) is 2.84. The fraction of sp³-hybridized carbons (Fsp3) is 0.438. The van der Waals surface area contributed by atoms with E-state index in [0.29, 0.717) is 12.8 Å². The number of nitrogens with zero attached hydrogens (tertiary/aromatic N) is 3. The first-order valence-electron chi connectivity index (χ1n) is 7.23. The Balaban J connectivity index is 1.80. The Morgan fingerprint density at radius 3 is 2.86 bits per heavy atom. The minimum absolute atomic E-state index is 0.0669. The van der Waals surface area contributed by atoms with Crippen LogP contribution < -0.4 is 5.32 Å². The molecule has 0 aliphatic heterocycles. The maximum atomic E-state index is 12.0. The van der Waals surface area contributed by atoms with Gasteiger partial charge in [0.25, 0.3) is 0 Å². The summed E-state index contributed by atoms with van der Waals surface area (Å²) in [5.41, 5.74) is 3.27. The van der Waals surface area contributed by atoms with Crippen LogP contribution >= 0.6 is 0 Å². The van der Waals surface area contributed by atoms with Crippen molar-refractivity contribution in [3.8, 4) is 0 Å². The molecule has 2 rings (SSSR count). The van der Waals surface area contributed by atoms with Crippen molar-refractivity contribution in [2.45, 2.75) is 39.2 Å². The van der Waals surface area contributed by atoms with Gasteiger partial charge in [-0.2, -0.15) is 5.10 Å². The molecule has 1 N–H and O–H groups in total. The van der Waals surface area contributed by atoms with Crippen LogP contribution in [0.5, 0.6) is 0 Å². The summed E-state index contributed by atoms with van der Waals surface area (Å²) in [4.78, 5) is 16.3. The quantitative estimate of drug-likeness (QED) is 0.881. The molecule has 21 heavy (non-hydrogen) atoms. The number of hydrogen-bond donors (Lipinski definition) is 1. The molecule has 0 saturated carbocycles. The van der Waals surface area contributed by atoms with Crippen LogP contribution in [0.4, 0.5) is 0 Å². The molecule has 2 aromatic rings. The van der Waals surface area contributed by atoms with Gasteiger partial charge in [-0.25, -0.2) is 0 Å². The zero-order chi connectivity index (χ0) is 15.2. The molecule has 0 bridgehead atoms. The standard InChI is InChI=1S/C16H22N4O/c1-12-5-4-9-17-15(12)11-13(2)19-16(21)7-6-14-8-10-18-20(14)3/h4-5,8-10,13H,6-7,11H2,1-3H3,(H,19,21)/t13-/m1/s1. The molecule has 2 aromatic heterocycles. The Kier molecular flexibility index (Phi) is 5.09. The molecular formula is C16H22N4O. The summed E-state index contributed by atoms with van der Waals surface area (Å²) in [5.74, 6) is 0.0669. The molecule has 112 valence electrons. The molecule has 1 amide bonds. The van der Waals surface area contributed by atoms with E-state index in [1.165, 1.54) is 0 Å². The molecule has 5 nitrogen and oxygen atoms in total. The fourth-order valence-electron chi connectivity index (χ4n) is 2.31. The van der Waals surface area contributed by atoms with Crippen molar-refractivity contribution in [3.63, 3.8) is 0 Å². The van der Waals surface area contributed by atoms with Crippen LogP contribution in [0.2, 0.25) is 0 Å². The highest BCUT2D eigenvalue weighted by molar-refractivity contribution is 5.76. The lowest BCUT2D eigenvalue weighted by Crippen LogP contribution is -2.34. The first-order chi connectivity index (χ1) is 10.1. The first-order valence-corrected chi connectivity index (χ1v) is 7.23. The predicted molar refractivity (Wildman–Crippen MR) is 81.8 cm³/mol. The summed E-state index contributed by atoms with van der Waals surface area (Å²) in [5, 5.41) is 7.13. The Bertz CT molecular complexity index is 606. The number of nitrogens with one attached hydrogen (secondary N) is 1. The maximum Gasteiger partial charge on any atom is 0.220 e. The van der Waals surface area contributed by atoms with E-state index < -0.39 is 0 Å². The maximum absolute atomic E-state index is 12.0. The van der Waals surface area contributed by atoms with Crippen LogP contribution in [0.15, 0.2) is 30.6 Å². The van der Waals surface area contributed by atoms with Gasteiger partial charge in [-0.15, -0.1) is 0 Å². The molecule has 0 saturated heterocycles. The highest BCUT2D eigenvalue weighted by Gasteiger charge is 2.11. The van der Waals surface area contributed by atoms with Crippen LogP contribution in [0.25, 0.3) is 0 Å². The second-order valence-corrected chi connectivity index (χ2v) is 5.39. The van der Waals surface area contributed by atoms with Crippen LogP contribution in [0.3, 0.4) is 0 Å². The van der Waals surface area contributed by atoms with E-state index in [1.54, 1.807) is 17.1 Å². The number of amides is 1. The summed E-state index contributed by atoms with van der Waals surface area (Å²) >= 11 is 0. The lowest BCUT2D eigenvalue weighted by molar-refractivity contribution is -0.121. The number of carbonyl (C=O) groups excluding carboxylic acids is 1. The third kappa shape index (κ3) is 4.41. The Labute approximate surface area is 125 Å². The normalized spacial score (nSPS) is 12.1. The van der Waals surface area contributed by atoms with Crippen LogP contribution in [-0.4, -0.2) is 26.7 Å². The lowest BCUT2D eigenvalue weighted by Gasteiger charge is -2.14. The topological polar surface area (TPSA) is 59.8 Å². The molecule has 0 unspecified atom stereocenters. The van der Waals surface area contributed by atoms with Gasteiger partial charge < -0.3 is 5.32 Å². The number of aryl methyl sites for hydroxylation is 3. The second kappa shape index (κ2) is 7.02. The summed E-state index contributed by atoms with van der Waals surface area (Å²) in [6.07, 6.45) is 5.48. The Hall–Kier alpha value is -2.17. The summed E-state index contributed by atoms with van der Waals surface area (Å²) in [6.45, 7) is 4.05. The second-order valence-electron chi connectivity index (χ2n) is 5.39. The van der Waals surface area contributed by atoms with Gasteiger partial charge in [0, 0.05) is 49.7 Å². The zero-order valence-corrected chi connectivity index (χ0v) is 12.8. The van der Waals surface area contributed by atoms with Crippen LogP contribution in [0, 0.1) is 6.92 Å². The van der Waals surface area contributed by atoms with E-state index >= 15 is 0 Å². The van der Waals surface area contributed by atoms with Gasteiger partial charge in [-0.05, 0) is 38.0 Å². The minimum Gasteiger partial charge on any atom is -0.353 e. The van der Waals surface area contributed by atoms with E-state index in [2.05, 4.69) is 15.4 Å². The van der Waals surface area contributed by atoms with E-state index in [-0.39, 0.29) is 11.9 Å². The largest absolute Gasteiger partial charge is 0.353 e. The van der Waals surface area contributed by atoms with Crippen LogP contribution in [-0.2, 0) is 24.7 Å². The van der Waals surface area contributed by atoms with E-state index in [9.17, 15) is 4.79 Å². The molecule has 1 atom stereocenters. The third-order valence-corrected chi connectivity index (χ3v) is 3.56. The van der Waals surface area contributed by atoms with E-state index in [1.807, 2.05) is 39.1 Å². The van der Waals surface area contributed by atoms with E-state index in [0.717, 1.165) is 23.4 Å². The van der Waals surface area contributed by atoms with Gasteiger partial charge in [0.1, 0.15) is 0 Å². The smallest absolute Gasteiger partial charge is 0.220 e. The van der Waals surface area contributed by atoms with Crippen molar-refractivity contribution in [1.82, 2.24) is 20.1 Å². The molecule has 0 aliphatic carbocycles.